The van der Waals surface area contributed by atoms with Crippen molar-refractivity contribution in [1.29, 1.82) is 0 Å². The highest BCUT2D eigenvalue weighted by molar-refractivity contribution is 5.99. The van der Waals surface area contributed by atoms with Gasteiger partial charge in [-0.1, -0.05) is 47.6 Å². The molecule has 0 heterocycles. The van der Waals surface area contributed by atoms with Gasteiger partial charge in [0, 0.05) is 42.5 Å². The summed E-state index contributed by atoms with van der Waals surface area (Å²) in [6.07, 6.45) is 1.81. The zero-order valence-electron chi connectivity index (χ0n) is 26.1. The predicted molar refractivity (Wildman–Crippen MR) is 163 cm³/mol. The second-order valence-corrected chi connectivity index (χ2v) is 10.4. The van der Waals surface area contributed by atoms with E-state index in [2.05, 4.69) is 26.6 Å². The summed E-state index contributed by atoms with van der Waals surface area (Å²) in [5, 5.41) is 13.8. The van der Waals surface area contributed by atoms with Crippen LogP contribution in [0.3, 0.4) is 0 Å². The lowest BCUT2D eigenvalue weighted by molar-refractivity contribution is -0.148. The van der Waals surface area contributed by atoms with Gasteiger partial charge >= 0.3 is 12.0 Å². The molecule has 0 saturated heterocycles. The Bertz CT molecular complexity index is 1020. The monoisotopic (exact) mass is 593 g/mol. The second kappa shape index (κ2) is 21.1. The van der Waals surface area contributed by atoms with E-state index >= 15 is 0 Å². The highest BCUT2D eigenvalue weighted by Crippen LogP contribution is 2.18. The molecule has 1 aromatic rings. The Hall–Kier alpha value is -3.71. The summed E-state index contributed by atoms with van der Waals surface area (Å²) in [7, 11) is 0. The Morgan fingerprint density at radius 2 is 1.60 bits per heavy atom. The quantitative estimate of drug-likeness (QED) is 0.140. The molecule has 0 aliphatic carbocycles. The lowest BCUT2D eigenvalue weighted by Gasteiger charge is -2.25. The summed E-state index contributed by atoms with van der Waals surface area (Å²) >= 11 is 0. The summed E-state index contributed by atoms with van der Waals surface area (Å²) in [6.45, 7) is 14.3. The van der Waals surface area contributed by atoms with Crippen LogP contribution in [0.1, 0.15) is 77.2 Å². The summed E-state index contributed by atoms with van der Waals surface area (Å²) in [4.78, 5) is 59.4. The fourth-order valence-electron chi connectivity index (χ4n) is 3.31. The van der Waals surface area contributed by atoms with Gasteiger partial charge in [0.05, 0.1) is 18.5 Å². The largest absolute Gasteiger partial charge is 0.461 e. The lowest BCUT2D eigenvalue weighted by atomic mass is 10.0. The first-order chi connectivity index (χ1) is 19.8. The normalized spacial score (nSPS) is 12.0. The number of amides is 5. The summed E-state index contributed by atoms with van der Waals surface area (Å²) in [5.74, 6) is -1.70. The van der Waals surface area contributed by atoms with Gasteiger partial charge in [0.15, 0.2) is 0 Å². The van der Waals surface area contributed by atoms with Gasteiger partial charge in [-0.3, -0.25) is 19.2 Å². The van der Waals surface area contributed by atoms with Crippen molar-refractivity contribution >= 4 is 35.4 Å². The van der Waals surface area contributed by atoms with Crippen LogP contribution in [0.15, 0.2) is 18.2 Å². The summed E-state index contributed by atoms with van der Waals surface area (Å²) < 4.78 is 5.26. The molecule has 0 fully saturated rings. The van der Waals surface area contributed by atoms with Crippen LogP contribution < -0.4 is 38.1 Å². The number of ether oxygens (including phenoxy) is 1. The highest BCUT2D eigenvalue weighted by atomic mass is 16.5. The predicted octanol–water partition coefficient (Wildman–Crippen LogP) is 1.61. The minimum atomic E-state index is -0.443. The topological polar surface area (TPSA) is 207 Å². The van der Waals surface area contributed by atoms with E-state index in [0.29, 0.717) is 17.8 Å². The van der Waals surface area contributed by atoms with Gasteiger partial charge in [0.1, 0.15) is 6.61 Å². The highest BCUT2D eigenvalue weighted by Gasteiger charge is 2.23. The first-order valence-corrected chi connectivity index (χ1v) is 14.4. The molecular formula is C29H51N7O6. The maximum atomic E-state index is 12.6. The van der Waals surface area contributed by atoms with E-state index in [1.807, 2.05) is 34.6 Å². The van der Waals surface area contributed by atoms with Gasteiger partial charge in [-0.25, -0.2) is 4.79 Å². The molecule has 2 atom stereocenters. The Kier molecular flexibility index (Phi) is 19.2. The van der Waals surface area contributed by atoms with Gasteiger partial charge in [-0.05, 0) is 37.8 Å². The number of anilines is 1. The van der Waals surface area contributed by atoms with Crippen molar-refractivity contribution in [2.45, 2.75) is 80.0 Å². The van der Waals surface area contributed by atoms with Crippen LogP contribution in [0.25, 0.3) is 0 Å². The molecule has 42 heavy (non-hydrogen) atoms. The molecule has 2 unspecified atom stereocenters. The molecule has 0 aliphatic rings. The molecule has 13 nitrogen and oxygen atoms in total. The van der Waals surface area contributed by atoms with Crippen molar-refractivity contribution in [1.82, 2.24) is 21.3 Å². The molecule has 0 radical (unpaired) electrons. The molecule has 5 amide bonds. The number of carbonyl (C=O) groups is 5. The lowest BCUT2D eigenvalue weighted by Crippen LogP contribution is -2.51. The minimum Gasteiger partial charge on any atom is -0.461 e. The molecular weight excluding hydrogens is 542 g/mol. The van der Waals surface area contributed by atoms with Gasteiger partial charge < -0.3 is 42.8 Å². The number of hydrogen-bond acceptors (Lipinski definition) is 8. The number of urea groups is 1. The van der Waals surface area contributed by atoms with Crippen molar-refractivity contribution in [2.24, 2.45) is 23.3 Å². The molecule has 0 saturated carbocycles. The van der Waals surface area contributed by atoms with Crippen LogP contribution >= 0.6 is 0 Å². The second-order valence-electron chi connectivity index (χ2n) is 10.4. The van der Waals surface area contributed by atoms with Crippen LogP contribution in [0.4, 0.5) is 10.5 Å². The number of primary amides is 1. The average molecular weight is 594 g/mol. The molecule has 0 aliphatic heterocycles. The fraction of sp³-hybridized carbons (Fsp3) is 0.621. The standard InChI is InChI=1S/C25H41N5O5.C4H10N2O/c1-7-17(6)29-22(15(2)3)24(33)28-13-21(31)30-19-9-8-18(14-35-25(34)16(4)5)20(12-19)23(32)27-11-10-26;1-2-3-6-4(5)7/h8-9,12,15-17,22,29H,7,10-11,13-14,26H2,1-6H3,(H,27,32)(H,28,33)(H,30,31);2-3H2,1H3,(H3,5,6,7). The van der Waals surface area contributed by atoms with Crippen LogP contribution in [0.2, 0.25) is 0 Å². The van der Waals surface area contributed by atoms with Crippen molar-refractivity contribution in [3.63, 3.8) is 0 Å². The fourth-order valence-corrected chi connectivity index (χ4v) is 3.31. The molecule has 13 heteroatoms. The van der Waals surface area contributed by atoms with Crippen LogP contribution in [0, 0.1) is 11.8 Å². The number of nitrogens with two attached hydrogens (primary N) is 2. The zero-order chi connectivity index (χ0) is 32.2. The summed E-state index contributed by atoms with van der Waals surface area (Å²) in [5.41, 5.74) is 11.3. The van der Waals surface area contributed by atoms with Crippen molar-refractivity contribution in [3.8, 4) is 0 Å². The molecule has 9 N–H and O–H groups in total. The Morgan fingerprint density at radius 3 is 2.10 bits per heavy atom. The maximum absolute atomic E-state index is 12.6. The number of carbonyl (C=O) groups excluding carboxylic acids is 5. The van der Waals surface area contributed by atoms with Crippen LogP contribution in [0.5, 0.6) is 0 Å². The van der Waals surface area contributed by atoms with Crippen LogP contribution in [-0.2, 0) is 25.7 Å². The number of hydrogen-bond donors (Lipinski definition) is 7. The van der Waals surface area contributed by atoms with Gasteiger partial charge in [-0.15, -0.1) is 0 Å². The van der Waals surface area contributed by atoms with E-state index in [9.17, 15) is 24.0 Å². The van der Waals surface area contributed by atoms with Crippen molar-refractivity contribution in [3.05, 3.63) is 29.3 Å². The summed E-state index contributed by atoms with van der Waals surface area (Å²) in [6, 6.07) is 4.05. The van der Waals surface area contributed by atoms with E-state index in [-0.39, 0.29) is 61.6 Å². The van der Waals surface area contributed by atoms with E-state index in [1.54, 1.807) is 26.0 Å². The van der Waals surface area contributed by atoms with Gasteiger partial charge in [-0.2, -0.15) is 0 Å². The first-order valence-electron chi connectivity index (χ1n) is 14.4. The minimum absolute atomic E-state index is 0.0546. The third-order valence-corrected chi connectivity index (χ3v) is 5.91. The SMILES string of the molecule is CCC(C)NC(C(=O)NCC(=O)Nc1ccc(COC(=O)C(C)C)c(C(=O)NCCN)c1)C(C)C.CCCNC(N)=O. The Balaban J connectivity index is 0.00000212. The smallest absolute Gasteiger partial charge is 0.312 e. The molecule has 0 bridgehead atoms. The molecule has 0 spiro atoms. The third-order valence-electron chi connectivity index (χ3n) is 5.91. The first kappa shape index (κ1) is 38.3. The van der Waals surface area contributed by atoms with E-state index < -0.39 is 23.9 Å². The maximum Gasteiger partial charge on any atom is 0.312 e. The number of benzene rings is 1. The van der Waals surface area contributed by atoms with E-state index in [1.165, 1.54) is 6.07 Å². The zero-order valence-corrected chi connectivity index (χ0v) is 26.1. The van der Waals surface area contributed by atoms with Gasteiger partial charge in [0.2, 0.25) is 11.8 Å². The Labute approximate surface area is 249 Å². The molecule has 1 rings (SSSR count). The Morgan fingerprint density at radius 1 is 0.929 bits per heavy atom. The van der Waals surface area contributed by atoms with Crippen molar-refractivity contribution < 1.29 is 28.7 Å². The van der Waals surface area contributed by atoms with Gasteiger partial charge in [0.25, 0.3) is 5.91 Å². The number of nitrogens with one attached hydrogen (secondary N) is 5. The van der Waals surface area contributed by atoms with E-state index in [0.717, 1.165) is 12.8 Å². The molecule has 0 aromatic heterocycles. The number of esters is 1. The molecule has 1 aromatic carbocycles. The van der Waals surface area contributed by atoms with E-state index in [4.69, 9.17) is 16.2 Å². The third kappa shape index (κ3) is 15.9. The number of rotatable bonds is 16. The molecule has 238 valence electrons. The average Bonchev–Trinajstić information content (AvgIpc) is 2.95. The van der Waals surface area contributed by atoms with Crippen molar-refractivity contribution in [2.75, 3.05) is 31.5 Å². The van der Waals surface area contributed by atoms with Crippen LogP contribution in [-0.4, -0.2) is 68.0 Å².